The van der Waals surface area contributed by atoms with Crippen LogP contribution in [0.15, 0.2) is 18.2 Å². The highest BCUT2D eigenvalue weighted by molar-refractivity contribution is 5.98. The molecule has 1 aliphatic carbocycles. The predicted octanol–water partition coefficient (Wildman–Crippen LogP) is 3.50. The summed E-state index contributed by atoms with van der Waals surface area (Å²) in [5.41, 5.74) is 8.41. The fourth-order valence-electron chi connectivity index (χ4n) is 3.65. The van der Waals surface area contributed by atoms with E-state index in [0.717, 1.165) is 43.4 Å². The summed E-state index contributed by atoms with van der Waals surface area (Å²) < 4.78 is 6.01. The first-order chi connectivity index (χ1) is 9.60. The van der Waals surface area contributed by atoms with Crippen LogP contribution < -0.4 is 5.73 Å². The molecule has 108 valence electrons. The maximum atomic E-state index is 12.7. The minimum atomic E-state index is -0.00514. The van der Waals surface area contributed by atoms with E-state index in [4.69, 9.17) is 10.5 Å². The number of carbonyl (C=O) groups is 1. The number of carbonyl (C=O) groups excluding carboxylic acids is 1. The highest BCUT2D eigenvalue weighted by Crippen LogP contribution is 2.42. The summed E-state index contributed by atoms with van der Waals surface area (Å²) in [6.45, 7) is 2.68. The van der Waals surface area contributed by atoms with Crippen LogP contribution in [-0.4, -0.2) is 18.0 Å². The Morgan fingerprint density at radius 1 is 1.35 bits per heavy atom. The minimum absolute atomic E-state index is 0.00514. The average Bonchev–Trinajstić information content (AvgIpc) is 2.89. The van der Waals surface area contributed by atoms with Gasteiger partial charge in [0.05, 0.1) is 5.60 Å². The van der Waals surface area contributed by atoms with Gasteiger partial charge in [0.2, 0.25) is 0 Å². The van der Waals surface area contributed by atoms with Crippen LogP contribution in [0.2, 0.25) is 0 Å². The molecule has 3 rings (SSSR count). The van der Waals surface area contributed by atoms with Crippen LogP contribution >= 0.6 is 0 Å². The molecule has 3 heteroatoms. The van der Waals surface area contributed by atoms with Crippen LogP contribution in [0.1, 0.15) is 54.4 Å². The van der Waals surface area contributed by atoms with Gasteiger partial charge in [0, 0.05) is 23.8 Å². The van der Waals surface area contributed by atoms with Crippen LogP contribution in [0.4, 0.5) is 5.69 Å². The van der Waals surface area contributed by atoms with Crippen LogP contribution in [0.5, 0.6) is 0 Å². The van der Waals surface area contributed by atoms with Crippen LogP contribution in [-0.2, 0) is 4.74 Å². The fourth-order valence-corrected chi connectivity index (χ4v) is 3.65. The quantitative estimate of drug-likeness (QED) is 0.663. The number of aryl methyl sites for hydroxylation is 1. The molecular weight excluding hydrogens is 250 g/mol. The maximum absolute atomic E-state index is 12.7. The Bertz CT molecular complexity index is 518. The number of rotatable bonds is 2. The van der Waals surface area contributed by atoms with Crippen molar-refractivity contribution >= 4 is 11.5 Å². The molecule has 0 amide bonds. The normalized spacial score (nSPS) is 24.9. The number of ketones is 1. The number of Topliss-reactive ketones (excluding diaryl/α,β-unsaturated/α-hetero) is 1. The molecule has 20 heavy (non-hydrogen) atoms. The van der Waals surface area contributed by atoms with Gasteiger partial charge in [0.25, 0.3) is 0 Å². The number of nitrogen functional groups attached to an aromatic ring is 1. The largest absolute Gasteiger partial charge is 0.398 e. The Morgan fingerprint density at radius 3 is 2.80 bits per heavy atom. The lowest BCUT2D eigenvalue weighted by Gasteiger charge is -2.37. The molecule has 1 spiro atoms. The van der Waals surface area contributed by atoms with Crippen molar-refractivity contribution in [3.8, 4) is 0 Å². The second kappa shape index (κ2) is 5.21. The van der Waals surface area contributed by atoms with Crippen molar-refractivity contribution in [1.29, 1.82) is 0 Å². The van der Waals surface area contributed by atoms with Gasteiger partial charge in [-0.1, -0.05) is 25.0 Å². The Hall–Kier alpha value is -1.35. The van der Waals surface area contributed by atoms with E-state index < -0.39 is 0 Å². The molecule has 1 saturated heterocycles. The topological polar surface area (TPSA) is 52.3 Å². The van der Waals surface area contributed by atoms with E-state index >= 15 is 0 Å². The van der Waals surface area contributed by atoms with Gasteiger partial charge in [0.15, 0.2) is 5.78 Å². The molecule has 0 radical (unpaired) electrons. The molecule has 2 aliphatic rings. The number of ether oxygens (including phenoxy) is 1. The van der Waals surface area contributed by atoms with Crippen molar-refractivity contribution in [3.63, 3.8) is 0 Å². The lowest BCUT2D eigenvalue weighted by atomic mass is 9.80. The van der Waals surface area contributed by atoms with Gasteiger partial charge < -0.3 is 10.5 Å². The van der Waals surface area contributed by atoms with Gasteiger partial charge in [-0.2, -0.15) is 0 Å². The van der Waals surface area contributed by atoms with Crippen LogP contribution in [0.3, 0.4) is 0 Å². The van der Waals surface area contributed by atoms with E-state index in [1.165, 1.54) is 12.8 Å². The summed E-state index contributed by atoms with van der Waals surface area (Å²) in [7, 11) is 0. The molecule has 0 bridgehead atoms. The monoisotopic (exact) mass is 273 g/mol. The van der Waals surface area contributed by atoms with E-state index in [-0.39, 0.29) is 17.3 Å². The highest BCUT2D eigenvalue weighted by atomic mass is 16.5. The first-order valence-corrected chi connectivity index (χ1v) is 7.64. The van der Waals surface area contributed by atoms with Gasteiger partial charge in [-0.05, 0) is 44.2 Å². The zero-order valence-electron chi connectivity index (χ0n) is 12.2. The van der Waals surface area contributed by atoms with Crippen molar-refractivity contribution < 1.29 is 9.53 Å². The molecule has 3 nitrogen and oxygen atoms in total. The van der Waals surface area contributed by atoms with Gasteiger partial charge in [-0.3, -0.25) is 4.79 Å². The molecule has 1 atom stereocenters. The molecule has 2 N–H and O–H groups in total. The van der Waals surface area contributed by atoms with Crippen molar-refractivity contribution in [1.82, 2.24) is 0 Å². The third kappa shape index (κ3) is 2.47. The Kier molecular flexibility index (Phi) is 3.55. The predicted molar refractivity (Wildman–Crippen MR) is 79.8 cm³/mol. The zero-order chi connectivity index (χ0) is 14.2. The van der Waals surface area contributed by atoms with Gasteiger partial charge in [0.1, 0.15) is 0 Å². The molecule has 1 aromatic rings. The molecule has 2 fully saturated rings. The van der Waals surface area contributed by atoms with E-state index in [2.05, 4.69) is 0 Å². The number of hydrogen-bond donors (Lipinski definition) is 1. The van der Waals surface area contributed by atoms with Gasteiger partial charge in [-0.25, -0.2) is 0 Å². The number of nitrogens with two attached hydrogens (primary N) is 1. The number of hydrogen-bond acceptors (Lipinski definition) is 3. The van der Waals surface area contributed by atoms with Crippen molar-refractivity contribution in [2.75, 3.05) is 12.3 Å². The number of anilines is 1. The first-order valence-electron chi connectivity index (χ1n) is 7.64. The summed E-state index contributed by atoms with van der Waals surface area (Å²) >= 11 is 0. The lowest BCUT2D eigenvalue weighted by molar-refractivity contribution is -0.0866. The average molecular weight is 273 g/mol. The summed E-state index contributed by atoms with van der Waals surface area (Å²) in [6.07, 6.45) is 6.43. The smallest absolute Gasteiger partial charge is 0.166 e. The SMILES string of the molecule is Cc1ccc(C(=O)C2CCOC3(CCCC3)C2)cc1N. The molecule has 1 aliphatic heterocycles. The maximum Gasteiger partial charge on any atom is 0.166 e. The second-order valence-electron chi connectivity index (χ2n) is 6.36. The molecule has 1 unspecified atom stereocenters. The van der Waals surface area contributed by atoms with Crippen molar-refractivity contribution in [2.45, 2.75) is 51.0 Å². The fraction of sp³-hybridized carbons (Fsp3) is 0.588. The third-order valence-electron chi connectivity index (χ3n) is 4.94. The van der Waals surface area contributed by atoms with Crippen molar-refractivity contribution in [3.05, 3.63) is 29.3 Å². The second-order valence-corrected chi connectivity index (χ2v) is 6.36. The standard InChI is InChI=1S/C17H23NO2/c1-12-4-5-13(10-15(12)18)16(19)14-6-9-20-17(11-14)7-2-3-8-17/h4-5,10,14H,2-3,6-9,11,18H2,1H3. The minimum Gasteiger partial charge on any atom is -0.398 e. The Balaban J connectivity index is 1.77. The van der Waals surface area contributed by atoms with Crippen molar-refractivity contribution in [2.24, 2.45) is 5.92 Å². The molecule has 1 aromatic carbocycles. The molecule has 1 saturated carbocycles. The van der Waals surface area contributed by atoms with E-state index in [1.807, 2.05) is 25.1 Å². The molecule has 1 heterocycles. The van der Waals surface area contributed by atoms with E-state index in [0.29, 0.717) is 5.69 Å². The number of benzene rings is 1. The summed E-state index contributed by atoms with van der Waals surface area (Å²) in [6, 6.07) is 5.67. The van der Waals surface area contributed by atoms with Gasteiger partial charge in [-0.15, -0.1) is 0 Å². The summed E-state index contributed by atoms with van der Waals surface area (Å²) in [4.78, 5) is 12.7. The third-order valence-corrected chi connectivity index (χ3v) is 4.94. The highest BCUT2D eigenvalue weighted by Gasteiger charge is 2.41. The van der Waals surface area contributed by atoms with E-state index in [9.17, 15) is 4.79 Å². The Labute approximate surface area is 120 Å². The summed E-state index contributed by atoms with van der Waals surface area (Å²) in [5.74, 6) is 0.343. The Morgan fingerprint density at radius 2 is 2.10 bits per heavy atom. The lowest BCUT2D eigenvalue weighted by Crippen LogP contribution is -2.39. The summed E-state index contributed by atoms with van der Waals surface area (Å²) in [5, 5.41) is 0. The van der Waals surface area contributed by atoms with Gasteiger partial charge >= 0.3 is 0 Å². The van der Waals surface area contributed by atoms with E-state index in [1.54, 1.807) is 0 Å². The first kappa shape index (κ1) is 13.6. The molecule has 0 aromatic heterocycles. The van der Waals surface area contributed by atoms with Crippen LogP contribution in [0.25, 0.3) is 0 Å². The molecular formula is C17H23NO2. The zero-order valence-corrected chi connectivity index (χ0v) is 12.2. The van der Waals surface area contributed by atoms with Crippen LogP contribution in [0, 0.1) is 12.8 Å².